The summed E-state index contributed by atoms with van der Waals surface area (Å²) in [6, 6.07) is 18.2. The molecule has 2 aromatic carbocycles. The third kappa shape index (κ3) is 4.34. The summed E-state index contributed by atoms with van der Waals surface area (Å²) in [6.07, 6.45) is 0.428. The molecule has 0 amide bonds. The highest BCUT2D eigenvalue weighted by atomic mass is 16.5. The molecule has 0 saturated carbocycles. The predicted octanol–water partition coefficient (Wildman–Crippen LogP) is 4.22. The summed E-state index contributed by atoms with van der Waals surface area (Å²) in [6.45, 7) is 5.20. The van der Waals surface area contributed by atoms with Crippen LogP contribution in [0.25, 0.3) is 0 Å². The lowest BCUT2D eigenvalue weighted by atomic mass is 10.1. The van der Waals surface area contributed by atoms with Gasteiger partial charge in [-0.2, -0.15) is 5.26 Å². The standard InChI is InChI=1S/C18H20N2O/c1-3-20-14(2)16-6-10-18(11-7-16)21-17-8-4-15(5-9-17)12-13-19/h4-11,14,20H,3,12H2,1-2H3. The topological polar surface area (TPSA) is 45.0 Å². The molecule has 2 rings (SSSR count). The van der Waals surface area contributed by atoms with Crippen molar-refractivity contribution in [2.24, 2.45) is 0 Å². The van der Waals surface area contributed by atoms with Crippen LogP contribution in [0.5, 0.6) is 11.5 Å². The lowest BCUT2D eigenvalue weighted by Gasteiger charge is -2.13. The molecule has 1 unspecified atom stereocenters. The molecule has 0 fully saturated rings. The highest BCUT2D eigenvalue weighted by molar-refractivity contribution is 5.35. The molecule has 0 saturated heterocycles. The van der Waals surface area contributed by atoms with Gasteiger partial charge in [0.15, 0.2) is 0 Å². The molecule has 0 spiro atoms. The maximum Gasteiger partial charge on any atom is 0.127 e. The van der Waals surface area contributed by atoms with Gasteiger partial charge in [-0.1, -0.05) is 31.2 Å². The van der Waals surface area contributed by atoms with E-state index < -0.39 is 0 Å². The third-order valence-electron chi connectivity index (χ3n) is 3.33. The minimum absolute atomic E-state index is 0.342. The molecular weight excluding hydrogens is 260 g/mol. The molecule has 0 aliphatic heterocycles. The van der Waals surface area contributed by atoms with Gasteiger partial charge in [0.2, 0.25) is 0 Å². The molecule has 21 heavy (non-hydrogen) atoms. The average molecular weight is 280 g/mol. The monoisotopic (exact) mass is 280 g/mol. The average Bonchev–Trinajstić information content (AvgIpc) is 2.50. The van der Waals surface area contributed by atoms with Crippen molar-refractivity contribution in [1.29, 1.82) is 5.26 Å². The van der Waals surface area contributed by atoms with Crippen molar-refractivity contribution in [3.8, 4) is 17.6 Å². The number of benzene rings is 2. The van der Waals surface area contributed by atoms with Gasteiger partial charge in [-0.25, -0.2) is 0 Å². The van der Waals surface area contributed by atoms with Crippen LogP contribution in [-0.4, -0.2) is 6.54 Å². The fourth-order valence-electron chi connectivity index (χ4n) is 2.15. The first kappa shape index (κ1) is 15.1. The zero-order valence-electron chi connectivity index (χ0n) is 12.5. The Balaban J connectivity index is 2.01. The predicted molar refractivity (Wildman–Crippen MR) is 84.4 cm³/mol. The van der Waals surface area contributed by atoms with Crippen LogP contribution in [-0.2, 0) is 6.42 Å². The van der Waals surface area contributed by atoms with E-state index in [9.17, 15) is 0 Å². The Morgan fingerprint density at radius 2 is 1.62 bits per heavy atom. The summed E-state index contributed by atoms with van der Waals surface area (Å²) in [5.74, 6) is 1.60. The second-order valence-electron chi connectivity index (χ2n) is 4.93. The first-order valence-corrected chi connectivity index (χ1v) is 7.20. The Hall–Kier alpha value is -2.31. The minimum atomic E-state index is 0.342. The summed E-state index contributed by atoms with van der Waals surface area (Å²) < 4.78 is 5.80. The number of ether oxygens (including phenoxy) is 1. The van der Waals surface area contributed by atoms with Gasteiger partial charge in [0, 0.05) is 6.04 Å². The van der Waals surface area contributed by atoms with Crippen molar-refractivity contribution in [1.82, 2.24) is 5.32 Å². The Labute approximate surface area is 126 Å². The molecule has 3 nitrogen and oxygen atoms in total. The number of nitrogens with zero attached hydrogens (tertiary/aromatic N) is 1. The quantitative estimate of drug-likeness (QED) is 0.861. The summed E-state index contributed by atoms with van der Waals surface area (Å²) in [7, 11) is 0. The van der Waals surface area contributed by atoms with Crippen LogP contribution in [0, 0.1) is 11.3 Å². The van der Waals surface area contributed by atoms with Crippen molar-refractivity contribution in [3.63, 3.8) is 0 Å². The number of rotatable bonds is 6. The zero-order valence-corrected chi connectivity index (χ0v) is 12.5. The van der Waals surface area contributed by atoms with Gasteiger partial charge in [0.25, 0.3) is 0 Å². The highest BCUT2D eigenvalue weighted by Crippen LogP contribution is 2.23. The first-order chi connectivity index (χ1) is 10.2. The van der Waals surface area contributed by atoms with E-state index in [0.29, 0.717) is 12.5 Å². The maximum absolute atomic E-state index is 8.65. The molecule has 1 N–H and O–H groups in total. The number of hydrogen-bond acceptors (Lipinski definition) is 3. The van der Waals surface area contributed by atoms with Gasteiger partial charge >= 0.3 is 0 Å². The third-order valence-corrected chi connectivity index (χ3v) is 3.33. The van der Waals surface area contributed by atoms with Crippen molar-refractivity contribution < 1.29 is 4.74 Å². The van der Waals surface area contributed by atoms with Crippen molar-refractivity contribution in [2.75, 3.05) is 6.54 Å². The van der Waals surface area contributed by atoms with Crippen LogP contribution in [0.15, 0.2) is 48.5 Å². The van der Waals surface area contributed by atoms with Gasteiger partial charge < -0.3 is 10.1 Å². The Morgan fingerprint density at radius 1 is 1.05 bits per heavy atom. The molecule has 0 aliphatic carbocycles. The van der Waals surface area contributed by atoms with Gasteiger partial charge in [0.1, 0.15) is 11.5 Å². The van der Waals surface area contributed by atoms with Gasteiger partial charge in [0.05, 0.1) is 12.5 Å². The molecular formula is C18H20N2O. The molecule has 2 aromatic rings. The fraction of sp³-hybridized carbons (Fsp3) is 0.278. The van der Waals surface area contributed by atoms with Crippen LogP contribution in [0.3, 0.4) is 0 Å². The van der Waals surface area contributed by atoms with Crippen LogP contribution in [0.4, 0.5) is 0 Å². The summed E-state index contributed by atoms with van der Waals surface area (Å²) in [5, 5.41) is 12.0. The smallest absolute Gasteiger partial charge is 0.127 e. The van der Waals surface area contributed by atoms with E-state index in [1.807, 2.05) is 36.4 Å². The summed E-state index contributed by atoms with van der Waals surface area (Å²) in [5.41, 5.74) is 2.24. The lowest BCUT2D eigenvalue weighted by Crippen LogP contribution is -2.17. The molecule has 108 valence electrons. The second-order valence-corrected chi connectivity index (χ2v) is 4.93. The van der Waals surface area contributed by atoms with E-state index in [0.717, 1.165) is 23.6 Å². The number of nitrogens with one attached hydrogen (secondary N) is 1. The fourth-order valence-corrected chi connectivity index (χ4v) is 2.15. The van der Waals surface area contributed by atoms with Crippen LogP contribution in [0.1, 0.15) is 31.0 Å². The molecule has 0 aromatic heterocycles. The SMILES string of the molecule is CCNC(C)c1ccc(Oc2ccc(CC#N)cc2)cc1. The van der Waals surface area contributed by atoms with E-state index in [1.54, 1.807) is 0 Å². The van der Waals surface area contributed by atoms with Crippen LogP contribution in [0.2, 0.25) is 0 Å². The number of hydrogen-bond donors (Lipinski definition) is 1. The zero-order chi connectivity index (χ0) is 15.1. The Bertz CT molecular complexity index is 597. The van der Waals surface area contributed by atoms with Gasteiger partial charge in [-0.15, -0.1) is 0 Å². The molecule has 0 radical (unpaired) electrons. The van der Waals surface area contributed by atoms with Gasteiger partial charge in [-0.3, -0.25) is 0 Å². The summed E-state index contributed by atoms with van der Waals surface area (Å²) in [4.78, 5) is 0. The first-order valence-electron chi connectivity index (χ1n) is 7.20. The lowest BCUT2D eigenvalue weighted by molar-refractivity contribution is 0.481. The molecule has 0 heterocycles. The Morgan fingerprint density at radius 3 is 2.14 bits per heavy atom. The molecule has 0 bridgehead atoms. The van der Waals surface area contributed by atoms with Gasteiger partial charge in [-0.05, 0) is 48.9 Å². The molecule has 3 heteroatoms. The minimum Gasteiger partial charge on any atom is -0.457 e. The van der Waals surface area contributed by atoms with Crippen LogP contribution < -0.4 is 10.1 Å². The van der Waals surface area contributed by atoms with E-state index >= 15 is 0 Å². The summed E-state index contributed by atoms with van der Waals surface area (Å²) >= 11 is 0. The molecule has 0 aliphatic rings. The second kappa shape index (κ2) is 7.47. The maximum atomic E-state index is 8.65. The van der Waals surface area contributed by atoms with Crippen molar-refractivity contribution in [3.05, 3.63) is 59.7 Å². The van der Waals surface area contributed by atoms with Crippen molar-refractivity contribution in [2.45, 2.75) is 26.3 Å². The number of nitriles is 1. The van der Waals surface area contributed by atoms with E-state index in [2.05, 4.69) is 37.4 Å². The Kier molecular flexibility index (Phi) is 5.36. The van der Waals surface area contributed by atoms with E-state index in [-0.39, 0.29) is 0 Å². The molecule has 1 atom stereocenters. The van der Waals surface area contributed by atoms with Crippen LogP contribution >= 0.6 is 0 Å². The van der Waals surface area contributed by atoms with E-state index in [4.69, 9.17) is 10.00 Å². The normalized spacial score (nSPS) is 11.7. The highest BCUT2D eigenvalue weighted by Gasteiger charge is 2.04. The largest absolute Gasteiger partial charge is 0.457 e. The van der Waals surface area contributed by atoms with E-state index in [1.165, 1.54) is 5.56 Å². The van der Waals surface area contributed by atoms with Crippen molar-refractivity contribution >= 4 is 0 Å².